The Morgan fingerprint density at radius 3 is 2.38 bits per heavy atom. The third kappa shape index (κ3) is 3.55. The minimum atomic E-state index is -1.57. The van der Waals surface area contributed by atoms with Crippen molar-refractivity contribution in [2.75, 3.05) is 6.61 Å². The number of ether oxygens (including phenoxy) is 1. The molecule has 0 saturated carbocycles. The van der Waals surface area contributed by atoms with Crippen LogP contribution >= 0.6 is 0 Å². The van der Waals surface area contributed by atoms with Crippen LogP contribution in [0.2, 0.25) is 0 Å². The van der Waals surface area contributed by atoms with E-state index in [2.05, 4.69) is 4.98 Å². The summed E-state index contributed by atoms with van der Waals surface area (Å²) in [5.41, 5.74) is -1.04. The maximum atomic E-state index is 13.3. The molecule has 2 aromatic rings. The number of pyridine rings is 1. The summed E-state index contributed by atoms with van der Waals surface area (Å²) in [6.07, 6.45) is 3.82. The Kier molecular flexibility index (Phi) is 4.53. The van der Waals surface area contributed by atoms with Crippen molar-refractivity contribution in [2.24, 2.45) is 0 Å². The van der Waals surface area contributed by atoms with Crippen molar-refractivity contribution in [2.45, 2.75) is 25.9 Å². The lowest BCUT2D eigenvalue weighted by Crippen LogP contribution is -2.23. The van der Waals surface area contributed by atoms with Gasteiger partial charge in [-0.3, -0.25) is 4.98 Å². The highest BCUT2D eigenvalue weighted by Crippen LogP contribution is 2.31. The monoisotopic (exact) mass is 293 g/mol. The zero-order valence-corrected chi connectivity index (χ0v) is 11.9. The van der Waals surface area contributed by atoms with Gasteiger partial charge in [0.1, 0.15) is 23.0 Å². The van der Waals surface area contributed by atoms with E-state index in [-0.39, 0.29) is 5.56 Å². The maximum absolute atomic E-state index is 13.3. The molecule has 0 amide bonds. The second kappa shape index (κ2) is 6.18. The lowest BCUT2D eigenvalue weighted by atomic mass is 9.89. The lowest BCUT2D eigenvalue weighted by Gasteiger charge is -2.24. The summed E-state index contributed by atoms with van der Waals surface area (Å²) in [7, 11) is 0. The first-order valence-corrected chi connectivity index (χ1v) is 6.70. The summed E-state index contributed by atoms with van der Waals surface area (Å²) in [6.45, 7) is 3.96. The van der Waals surface area contributed by atoms with Gasteiger partial charge in [-0.1, -0.05) is 6.92 Å². The Balaban J connectivity index is 2.38. The normalized spacial score (nSPS) is 13.8. The Morgan fingerprint density at radius 2 is 1.76 bits per heavy atom. The summed E-state index contributed by atoms with van der Waals surface area (Å²) in [6, 6.07) is 4.58. The summed E-state index contributed by atoms with van der Waals surface area (Å²) in [5.74, 6) is -0.972. The predicted molar refractivity (Wildman–Crippen MR) is 75.1 cm³/mol. The van der Waals surface area contributed by atoms with Crippen LogP contribution in [0.15, 0.2) is 36.7 Å². The highest BCUT2D eigenvalue weighted by Gasteiger charge is 2.27. The molecule has 3 nitrogen and oxygen atoms in total. The van der Waals surface area contributed by atoms with Gasteiger partial charge in [-0.2, -0.15) is 0 Å². The van der Waals surface area contributed by atoms with Crippen LogP contribution < -0.4 is 4.74 Å². The fourth-order valence-corrected chi connectivity index (χ4v) is 1.99. The predicted octanol–water partition coefficient (Wildman–Crippen LogP) is 3.40. The standard InChI is InChI=1S/C16H17F2NO2/c1-3-4-21-15-7-12(9-19-10-15)16(2,20)11-5-13(17)8-14(18)6-11/h5-10,20H,3-4H2,1-2H3. The quantitative estimate of drug-likeness (QED) is 0.918. The minimum absolute atomic E-state index is 0.120. The number of aliphatic hydroxyl groups is 1. The fraction of sp³-hybridized carbons (Fsp3) is 0.312. The Morgan fingerprint density at radius 1 is 1.10 bits per heavy atom. The molecule has 1 atom stereocenters. The summed E-state index contributed by atoms with van der Waals surface area (Å²) < 4.78 is 32.1. The highest BCUT2D eigenvalue weighted by atomic mass is 19.1. The van der Waals surface area contributed by atoms with Crippen LogP contribution in [-0.4, -0.2) is 16.7 Å². The lowest BCUT2D eigenvalue weighted by molar-refractivity contribution is 0.101. The van der Waals surface area contributed by atoms with E-state index < -0.39 is 17.2 Å². The van der Waals surface area contributed by atoms with E-state index in [1.807, 2.05) is 6.92 Å². The molecule has 0 aliphatic rings. The number of rotatable bonds is 5. The van der Waals surface area contributed by atoms with E-state index in [4.69, 9.17) is 4.74 Å². The van der Waals surface area contributed by atoms with Crippen LogP contribution in [0.3, 0.4) is 0 Å². The SMILES string of the molecule is CCCOc1cncc(C(C)(O)c2cc(F)cc(F)c2)c1. The van der Waals surface area contributed by atoms with E-state index in [0.717, 1.165) is 24.6 Å². The average Bonchev–Trinajstić information content (AvgIpc) is 2.44. The molecule has 1 heterocycles. The van der Waals surface area contributed by atoms with Crippen molar-refractivity contribution in [1.82, 2.24) is 4.98 Å². The van der Waals surface area contributed by atoms with E-state index in [9.17, 15) is 13.9 Å². The molecule has 1 N–H and O–H groups in total. The molecule has 0 spiro atoms. The number of hydrogen-bond acceptors (Lipinski definition) is 3. The van der Waals surface area contributed by atoms with Crippen molar-refractivity contribution >= 4 is 0 Å². The smallest absolute Gasteiger partial charge is 0.137 e. The van der Waals surface area contributed by atoms with Gasteiger partial charge in [0.15, 0.2) is 0 Å². The van der Waals surface area contributed by atoms with Gasteiger partial charge in [-0.25, -0.2) is 8.78 Å². The van der Waals surface area contributed by atoms with E-state index in [1.165, 1.54) is 19.3 Å². The molecule has 112 valence electrons. The zero-order chi connectivity index (χ0) is 15.5. The van der Waals surface area contributed by atoms with Crippen molar-refractivity contribution in [3.05, 3.63) is 59.4 Å². The molecule has 0 aliphatic heterocycles. The van der Waals surface area contributed by atoms with Crippen molar-refractivity contribution < 1.29 is 18.6 Å². The molecular formula is C16H17F2NO2. The van der Waals surface area contributed by atoms with E-state index >= 15 is 0 Å². The van der Waals surface area contributed by atoms with Crippen LogP contribution in [0.25, 0.3) is 0 Å². The van der Waals surface area contributed by atoms with Gasteiger partial charge in [0, 0.05) is 17.8 Å². The molecule has 1 aromatic heterocycles. The number of nitrogens with zero attached hydrogens (tertiary/aromatic N) is 1. The number of halogens is 2. The Bertz CT molecular complexity index is 609. The first-order valence-electron chi connectivity index (χ1n) is 6.70. The Hall–Kier alpha value is -2.01. The van der Waals surface area contributed by atoms with Crippen LogP contribution in [0.4, 0.5) is 8.78 Å². The van der Waals surface area contributed by atoms with Crippen LogP contribution in [0.5, 0.6) is 5.75 Å². The molecular weight excluding hydrogens is 276 g/mol. The second-order valence-corrected chi connectivity index (χ2v) is 4.99. The first-order chi connectivity index (χ1) is 9.93. The van der Waals surface area contributed by atoms with E-state index in [1.54, 1.807) is 6.07 Å². The van der Waals surface area contributed by atoms with Crippen molar-refractivity contribution in [1.29, 1.82) is 0 Å². The molecule has 5 heteroatoms. The molecule has 0 radical (unpaired) electrons. The number of hydrogen-bond donors (Lipinski definition) is 1. The fourth-order valence-electron chi connectivity index (χ4n) is 1.99. The van der Waals surface area contributed by atoms with Gasteiger partial charge < -0.3 is 9.84 Å². The zero-order valence-electron chi connectivity index (χ0n) is 11.9. The van der Waals surface area contributed by atoms with Crippen molar-refractivity contribution in [3.8, 4) is 5.75 Å². The largest absolute Gasteiger partial charge is 0.492 e. The molecule has 0 saturated heterocycles. The van der Waals surface area contributed by atoms with Crippen LogP contribution in [0.1, 0.15) is 31.4 Å². The maximum Gasteiger partial charge on any atom is 0.137 e. The topological polar surface area (TPSA) is 42.4 Å². The van der Waals surface area contributed by atoms with Gasteiger partial charge in [0.05, 0.1) is 12.8 Å². The minimum Gasteiger partial charge on any atom is -0.492 e. The molecule has 21 heavy (non-hydrogen) atoms. The highest BCUT2D eigenvalue weighted by molar-refractivity contribution is 5.37. The van der Waals surface area contributed by atoms with Gasteiger partial charge >= 0.3 is 0 Å². The molecule has 0 bridgehead atoms. The van der Waals surface area contributed by atoms with Gasteiger partial charge in [-0.15, -0.1) is 0 Å². The van der Waals surface area contributed by atoms with Crippen molar-refractivity contribution in [3.63, 3.8) is 0 Å². The van der Waals surface area contributed by atoms with E-state index in [0.29, 0.717) is 17.9 Å². The third-order valence-corrected chi connectivity index (χ3v) is 3.17. The van der Waals surface area contributed by atoms with Crippen LogP contribution in [0, 0.1) is 11.6 Å². The first kappa shape index (κ1) is 15.4. The summed E-state index contributed by atoms with van der Waals surface area (Å²) in [4.78, 5) is 4.00. The molecule has 2 rings (SSSR count). The molecule has 0 aliphatic carbocycles. The average molecular weight is 293 g/mol. The van der Waals surface area contributed by atoms with Gasteiger partial charge in [-0.05, 0) is 37.1 Å². The number of benzene rings is 1. The van der Waals surface area contributed by atoms with Gasteiger partial charge in [0.25, 0.3) is 0 Å². The summed E-state index contributed by atoms with van der Waals surface area (Å²) in [5, 5.41) is 10.6. The second-order valence-electron chi connectivity index (χ2n) is 4.99. The Labute approximate surface area is 122 Å². The van der Waals surface area contributed by atoms with Gasteiger partial charge in [0.2, 0.25) is 0 Å². The molecule has 0 fully saturated rings. The number of aromatic nitrogens is 1. The molecule has 1 aromatic carbocycles. The summed E-state index contributed by atoms with van der Waals surface area (Å²) >= 11 is 0. The third-order valence-electron chi connectivity index (χ3n) is 3.17. The molecule has 1 unspecified atom stereocenters. The van der Waals surface area contributed by atoms with Crippen LogP contribution in [-0.2, 0) is 5.60 Å².